The van der Waals surface area contributed by atoms with Crippen LogP contribution >= 0.6 is 11.8 Å². The molecule has 2 nitrogen and oxygen atoms in total. The number of rotatable bonds is 3. The molecule has 17 heavy (non-hydrogen) atoms. The molecule has 1 aliphatic carbocycles. The van der Waals surface area contributed by atoms with Gasteiger partial charge in [-0.3, -0.25) is 0 Å². The number of aryl methyl sites for hydroxylation is 1. The summed E-state index contributed by atoms with van der Waals surface area (Å²) in [5, 5.41) is 1.95. The Morgan fingerprint density at radius 2 is 2.29 bits per heavy atom. The van der Waals surface area contributed by atoms with E-state index in [1.54, 1.807) is 0 Å². The molecule has 0 amide bonds. The maximum absolute atomic E-state index is 5.62. The zero-order valence-corrected chi connectivity index (χ0v) is 11.6. The van der Waals surface area contributed by atoms with Crippen LogP contribution in [0, 0.1) is 12.8 Å². The van der Waals surface area contributed by atoms with Gasteiger partial charge in [-0.05, 0) is 36.8 Å². The molecule has 0 radical (unpaired) electrons. The van der Waals surface area contributed by atoms with Crippen LogP contribution in [0.5, 0.6) is 0 Å². The van der Waals surface area contributed by atoms with Crippen molar-refractivity contribution in [2.75, 3.05) is 0 Å². The normalized spacial score (nSPS) is 24.9. The number of aromatic nitrogens is 1. The van der Waals surface area contributed by atoms with Crippen LogP contribution in [0.3, 0.4) is 0 Å². The predicted molar refractivity (Wildman–Crippen MR) is 74.1 cm³/mol. The van der Waals surface area contributed by atoms with E-state index >= 15 is 0 Å². The molecule has 0 bridgehead atoms. The van der Waals surface area contributed by atoms with Gasteiger partial charge in [0.1, 0.15) is 0 Å². The third kappa shape index (κ3) is 3.46. The first-order chi connectivity index (χ1) is 8.19. The molecule has 3 heteroatoms. The standard InChI is InChI=1S/C14H22N2S/c1-10-4-3-5-13(6-10)17-14-11(2)7-12(8-15)9-16-14/h7,9-10,13H,3-6,8,15H2,1-2H3. The van der Waals surface area contributed by atoms with E-state index in [4.69, 9.17) is 5.73 Å². The van der Waals surface area contributed by atoms with Gasteiger partial charge in [-0.1, -0.05) is 25.8 Å². The molecule has 2 rings (SSSR count). The molecular weight excluding hydrogens is 228 g/mol. The van der Waals surface area contributed by atoms with Crippen molar-refractivity contribution >= 4 is 11.8 Å². The molecule has 1 aliphatic rings. The molecular formula is C14H22N2S. The summed E-state index contributed by atoms with van der Waals surface area (Å²) in [4.78, 5) is 4.55. The molecule has 2 atom stereocenters. The summed E-state index contributed by atoms with van der Waals surface area (Å²) in [5.41, 5.74) is 8.03. The van der Waals surface area contributed by atoms with Crippen LogP contribution in [0.2, 0.25) is 0 Å². The summed E-state index contributed by atoms with van der Waals surface area (Å²) in [6.45, 7) is 5.09. The number of thioether (sulfide) groups is 1. The van der Waals surface area contributed by atoms with Gasteiger partial charge in [-0.25, -0.2) is 4.98 Å². The highest BCUT2D eigenvalue weighted by atomic mass is 32.2. The average molecular weight is 250 g/mol. The highest BCUT2D eigenvalue weighted by Crippen LogP contribution is 2.36. The fourth-order valence-corrected chi connectivity index (χ4v) is 3.88. The lowest BCUT2D eigenvalue weighted by atomic mass is 9.91. The molecule has 1 heterocycles. The predicted octanol–water partition coefficient (Wildman–Crippen LogP) is 3.52. The number of nitrogens with zero attached hydrogens (tertiary/aromatic N) is 1. The molecule has 1 aromatic heterocycles. The number of hydrogen-bond acceptors (Lipinski definition) is 3. The zero-order valence-electron chi connectivity index (χ0n) is 10.8. The van der Waals surface area contributed by atoms with E-state index in [2.05, 4.69) is 24.9 Å². The van der Waals surface area contributed by atoms with Crippen molar-refractivity contribution in [2.24, 2.45) is 11.7 Å². The Hall–Kier alpha value is -0.540. The van der Waals surface area contributed by atoms with Crippen molar-refractivity contribution < 1.29 is 0 Å². The Morgan fingerprint density at radius 1 is 1.47 bits per heavy atom. The Kier molecular flexibility index (Phi) is 4.46. The second kappa shape index (κ2) is 5.87. The molecule has 2 unspecified atom stereocenters. The van der Waals surface area contributed by atoms with Gasteiger partial charge in [0.15, 0.2) is 0 Å². The van der Waals surface area contributed by atoms with E-state index in [9.17, 15) is 0 Å². The summed E-state index contributed by atoms with van der Waals surface area (Å²) in [5.74, 6) is 0.880. The lowest BCUT2D eigenvalue weighted by molar-refractivity contribution is 0.394. The largest absolute Gasteiger partial charge is 0.326 e. The van der Waals surface area contributed by atoms with Crippen LogP contribution in [0.4, 0.5) is 0 Å². The molecule has 1 aromatic rings. The van der Waals surface area contributed by atoms with Gasteiger partial charge in [0.05, 0.1) is 5.03 Å². The summed E-state index contributed by atoms with van der Waals surface area (Å²) in [6.07, 6.45) is 7.37. The van der Waals surface area contributed by atoms with Gasteiger partial charge < -0.3 is 5.73 Å². The molecule has 94 valence electrons. The van der Waals surface area contributed by atoms with Crippen LogP contribution in [0.25, 0.3) is 0 Å². The number of hydrogen-bond donors (Lipinski definition) is 1. The van der Waals surface area contributed by atoms with Gasteiger partial charge in [-0.2, -0.15) is 0 Å². The van der Waals surface area contributed by atoms with Crippen LogP contribution in [0.15, 0.2) is 17.3 Å². The first-order valence-electron chi connectivity index (χ1n) is 6.51. The van der Waals surface area contributed by atoms with Gasteiger partial charge in [0, 0.05) is 18.0 Å². The van der Waals surface area contributed by atoms with Gasteiger partial charge in [-0.15, -0.1) is 11.8 Å². The van der Waals surface area contributed by atoms with Crippen LogP contribution in [0.1, 0.15) is 43.7 Å². The minimum atomic E-state index is 0.583. The molecule has 1 saturated carbocycles. The van der Waals surface area contributed by atoms with Crippen molar-refractivity contribution in [1.29, 1.82) is 0 Å². The van der Waals surface area contributed by atoms with E-state index in [0.717, 1.165) is 16.7 Å². The van der Waals surface area contributed by atoms with Crippen LogP contribution in [-0.4, -0.2) is 10.2 Å². The second-order valence-corrected chi connectivity index (χ2v) is 6.47. The van der Waals surface area contributed by atoms with Crippen LogP contribution in [-0.2, 0) is 6.54 Å². The Balaban J connectivity index is 2.02. The fraction of sp³-hybridized carbons (Fsp3) is 0.643. The number of nitrogens with two attached hydrogens (primary N) is 1. The van der Waals surface area contributed by atoms with Gasteiger partial charge in [0.25, 0.3) is 0 Å². The third-order valence-electron chi connectivity index (χ3n) is 3.49. The summed E-state index contributed by atoms with van der Waals surface area (Å²) in [7, 11) is 0. The zero-order chi connectivity index (χ0) is 12.3. The minimum absolute atomic E-state index is 0.583. The third-order valence-corrected chi connectivity index (χ3v) is 4.90. The Bertz CT molecular complexity index is 378. The maximum atomic E-state index is 5.62. The smallest absolute Gasteiger partial charge is 0.0991 e. The Labute approximate surface area is 108 Å². The monoisotopic (exact) mass is 250 g/mol. The topological polar surface area (TPSA) is 38.9 Å². The highest BCUT2D eigenvalue weighted by molar-refractivity contribution is 7.99. The molecule has 0 spiro atoms. The first kappa shape index (κ1) is 12.9. The minimum Gasteiger partial charge on any atom is -0.326 e. The lowest BCUT2D eigenvalue weighted by Gasteiger charge is -2.26. The summed E-state index contributed by atoms with van der Waals surface area (Å²) < 4.78 is 0. The SMILES string of the molecule is Cc1cc(CN)cnc1SC1CCCC(C)C1. The first-order valence-corrected chi connectivity index (χ1v) is 7.39. The molecule has 0 aliphatic heterocycles. The van der Waals surface area contributed by atoms with Crippen LogP contribution < -0.4 is 5.73 Å². The second-order valence-electron chi connectivity index (χ2n) is 5.18. The van der Waals surface area contributed by atoms with E-state index in [-0.39, 0.29) is 0 Å². The molecule has 0 saturated heterocycles. The van der Waals surface area contributed by atoms with E-state index in [0.29, 0.717) is 6.54 Å². The van der Waals surface area contributed by atoms with Crippen molar-refractivity contribution in [3.63, 3.8) is 0 Å². The van der Waals surface area contributed by atoms with Crippen molar-refractivity contribution in [3.05, 3.63) is 23.4 Å². The van der Waals surface area contributed by atoms with E-state index in [1.165, 1.54) is 36.3 Å². The molecule has 0 aromatic carbocycles. The van der Waals surface area contributed by atoms with Gasteiger partial charge in [0.2, 0.25) is 0 Å². The molecule has 1 fully saturated rings. The number of pyridine rings is 1. The summed E-state index contributed by atoms with van der Waals surface area (Å²) in [6, 6.07) is 2.17. The fourth-order valence-electron chi connectivity index (χ4n) is 2.50. The van der Waals surface area contributed by atoms with Crippen molar-refractivity contribution in [3.8, 4) is 0 Å². The van der Waals surface area contributed by atoms with Crippen molar-refractivity contribution in [1.82, 2.24) is 4.98 Å². The lowest BCUT2D eigenvalue weighted by Crippen LogP contribution is -2.15. The van der Waals surface area contributed by atoms with E-state index < -0.39 is 0 Å². The van der Waals surface area contributed by atoms with Gasteiger partial charge >= 0.3 is 0 Å². The molecule has 2 N–H and O–H groups in total. The maximum Gasteiger partial charge on any atom is 0.0991 e. The van der Waals surface area contributed by atoms with E-state index in [1.807, 2.05) is 18.0 Å². The Morgan fingerprint density at radius 3 is 2.94 bits per heavy atom. The van der Waals surface area contributed by atoms with Crippen molar-refractivity contribution in [2.45, 2.75) is 56.4 Å². The summed E-state index contributed by atoms with van der Waals surface area (Å²) >= 11 is 1.96. The highest BCUT2D eigenvalue weighted by Gasteiger charge is 2.20. The average Bonchev–Trinajstić information content (AvgIpc) is 2.32. The quantitative estimate of drug-likeness (QED) is 0.892.